The van der Waals surface area contributed by atoms with Gasteiger partial charge in [0.1, 0.15) is 18.1 Å². The van der Waals surface area contributed by atoms with Crippen molar-refractivity contribution in [3.63, 3.8) is 0 Å². The first-order chi connectivity index (χ1) is 20.1. The second-order valence-electron chi connectivity index (χ2n) is 9.83. The number of rotatable bonds is 16. The molecule has 2 aromatic carbocycles. The first kappa shape index (κ1) is 32.2. The summed E-state index contributed by atoms with van der Waals surface area (Å²) in [6, 6.07) is 11.6. The van der Waals surface area contributed by atoms with Crippen molar-refractivity contribution in [2.24, 2.45) is 11.5 Å². The minimum atomic E-state index is -1.26. The van der Waals surface area contributed by atoms with E-state index in [-0.39, 0.29) is 19.3 Å². The van der Waals surface area contributed by atoms with Crippen LogP contribution in [0.4, 0.5) is 0 Å². The smallest absolute Gasteiger partial charge is 0.326 e. The standard InChI is InChI=1S/C29H36N6O6S/c1-42-12-11-22(27(38)35-24(29(40)41)14-18-16-32-21-10-6-5-9-19(18)21)33-28(39)23(13-17-7-3-2-4-8-17)34-26(37)20(30)15-25(31)36/h2-10,16,20,22-24,32H,11-15,30H2,1H3,(H2,31,36)(H,33,39)(H,34,37)(H,35,38)(H,40,41). The number of thioether (sulfide) groups is 1. The Hall–Kier alpha value is -4.36. The van der Waals surface area contributed by atoms with Crippen LogP contribution in [0.1, 0.15) is 24.0 Å². The van der Waals surface area contributed by atoms with Crippen molar-refractivity contribution in [2.45, 2.75) is 49.9 Å². The Morgan fingerprint density at radius 3 is 2.14 bits per heavy atom. The summed E-state index contributed by atoms with van der Waals surface area (Å²) in [4.78, 5) is 65.9. The lowest BCUT2D eigenvalue weighted by Gasteiger charge is -2.25. The number of carboxylic acids is 1. The molecule has 12 nitrogen and oxygen atoms in total. The lowest BCUT2D eigenvalue weighted by Crippen LogP contribution is -2.58. The van der Waals surface area contributed by atoms with E-state index in [1.807, 2.05) is 30.5 Å². The average molecular weight is 597 g/mol. The Morgan fingerprint density at radius 1 is 0.857 bits per heavy atom. The molecule has 13 heteroatoms. The fraction of sp³-hybridized carbons (Fsp3) is 0.345. The molecule has 3 aromatic rings. The van der Waals surface area contributed by atoms with Crippen LogP contribution < -0.4 is 27.4 Å². The number of benzene rings is 2. The summed E-state index contributed by atoms with van der Waals surface area (Å²) < 4.78 is 0. The fourth-order valence-corrected chi connectivity index (χ4v) is 4.89. The molecule has 0 radical (unpaired) electrons. The van der Waals surface area contributed by atoms with Crippen molar-refractivity contribution in [1.29, 1.82) is 0 Å². The first-order valence-electron chi connectivity index (χ1n) is 13.3. The average Bonchev–Trinajstić information content (AvgIpc) is 3.37. The molecule has 4 atom stereocenters. The lowest BCUT2D eigenvalue weighted by atomic mass is 10.0. The van der Waals surface area contributed by atoms with Crippen LogP contribution in [0.2, 0.25) is 0 Å². The summed E-state index contributed by atoms with van der Waals surface area (Å²) >= 11 is 1.45. The second kappa shape index (κ2) is 15.6. The van der Waals surface area contributed by atoms with E-state index in [4.69, 9.17) is 11.5 Å². The van der Waals surface area contributed by atoms with Gasteiger partial charge in [0.25, 0.3) is 0 Å². The van der Waals surface area contributed by atoms with Crippen LogP contribution in [-0.2, 0) is 36.8 Å². The zero-order valence-corrected chi connectivity index (χ0v) is 24.0. The molecular formula is C29H36N6O6S. The van der Waals surface area contributed by atoms with Gasteiger partial charge in [-0.3, -0.25) is 19.2 Å². The first-order valence-corrected chi connectivity index (χ1v) is 14.7. The highest BCUT2D eigenvalue weighted by atomic mass is 32.2. The lowest BCUT2D eigenvalue weighted by molar-refractivity contribution is -0.142. The molecule has 0 saturated carbocycles. The van der Waals surface area contributed by atoms with E-state index < -0.39 is 60.2 Å². The molecule has 1 heterocycles. The maximum atomic E-state index is 13.5. The number of nitrogens with two attached hydrogens (primary N) is 2. The zero-order valence-electron chi connectivity index (χ0n) is 23.2. The molecule has 0 aliphatic carbocycles. The number of aliphatic carboxylic acids is 1. The van der Waals surface area contributed by atoms with Crippen molar-refractivity contribution >= 4 is 52.3 Å². The summed E-state index contributed by atoms with van der Waals surface area (Å²) in [7, 11) is 0. The van der Waals surface area contributed by atoms with Crippen molar-refractivity contribution in [3.05, 3.63) is 71.9 Å². The van der Waals surface area contributed by atoms with Gasteiger partial charge in [0.2, 0.25) is 23.6 Å². The summed E-state index contributed by atoms with van der Waals surface area (Å²) in [6.07, 6.45) is 3.46. The monoisotopic (exact) mass is 596 g/mol. The molecule has 0 bridgehead atoms. The Kier molecular flexibility index (Phi) is 11.9. The van der Waals surface area contributed by atoms with Gasteiger partial charge in [-0.25, -0.2) is 4.79 Å². The van der Waals surface area contributed by atoms with Crippen molar-refractivity contribution in [1.82, 2.24) is 20.9 Å². The summed E-state index contributed by atoms with van der Waals surface area (Å²) in [5.74, 6) is -3.57. The molecule has 4 unspecified atom stereocenters. The van der Waals surface area contributed by atoms with E-state index in [1.54, 1.807) is 36.5 Å². The van der Waals surface area contributed by atoms with Gasteiger partial charge >= 0.3 is 5.97 Å². The molecule has 224 valence electrons. The summed E-state index contributed by atoms with van der Waals surface area (Å²) in [6.45, 7) is 0. The van der Waals surface area contributed by atoms with Crippen molar-refractivity contribution in [3.8, 4) is 0 Å². The molecule has 0 aliphatic rings. The van der Waals surface area contributed by atoms with Gasteiger partial charge < -0.3 is 37.5 Å². The minimum Gasteiger partial charge on any atom is -0.480 e. The van der Waals surface area contributed by atoms with Crippen LogP contribution in [0.15, 0.2) is 60.8 Å². The van der Waals surface area contributed by atoms with E-state index in [9.17, 15) is 29.1 Å². The third kappa shape index (κ3) is 9.35. The molecule has 1 aromatic heterocycles. The van der Waals surface area contributed by atoms with Crippen LogP contribution in [0.5, 0.6) is 0 Å². The minimum absolute atomic E-state index is 0.0265. The Morgan fingerprint density at radius 2 is 1.48 bits per heavy atom. The molecular weight excluding hydrogens is 560 g/mol. The topological polar surface area (TPSA) is 209 Å². The maximum Gasteiger partial charge on any atom is 0.326 e. The number of H-pyrrole nitrogens is 1. The Bertz CT molecular complexity index is 1400. The molecule has 42 heavy (non-hydrogen) atoms. The number of aromatic nitrogens is 1. The van der Waals surface area contributed by atoms with Gasteiger partial charge in [0.15, 0.2) is 0 Å². The molecule has 4 amide bonds. The third-order valence-corrected chi connectivity index (χ3v) is 7.27. The number of fused-ring (bicyclic) bond motifs is 1. The van der Waals surface area contributed by atoms with Crippen LogP contribution in [0, 0.1) is 0 Å². The summed E-state index contributed by atoms with van der Waals surface area (Å²) in [5.41, 5.74) is 13.2. The van der Waals surface area contributed by atoms with E-state index in [0.29, 0.717) is 5.75 Å². The SMILES string of the molecule is CSCCC(NC(=O)C(Cc1ccccc1)NC(=O)C(N)CC(N)=O)C(=O)NC(Cc1c[nH]c2ccccc12)C(=O)O. The molecule has 3 rings (SSSR count). The number of para-hydroxylation sites is 1. The van der Waals surface area contributed by atoms with Crippen LogP contribution in [-0.4, -0.2) is 75.9 Å². The number of aromatic amines is 1. The number of primary amides is 1. The van der Waals surface area contributed by atoms with Crippen molar-refractivity contribution in [2.75, 3.05) is 12.0 Å². The molecule has 0 fully saturated rings. The van der Waals surface area contributed by atoms with Gasteiger partial charge in [-0.1, -0.05) is 48.5 Å². The summed E-state index contributed by atoms with van der Waals surface area (Å²) in [5, 5.41) is 18.5. The van der Waals surface area contributed by atoms with Crippen LogP contribution in [0.25, 0.3) is 10.9 Å². The number of hydrogen-bond acceptors (Lipinski definition) is 7. The van der Waals surface area contributed by atoms with Crippen LogP contribution in [0.3, 0.4) is 0 Å². The van der Waals surface area contributed by atoms with E-state index in [1.165, 1.54) is 11.8 Å². The van der Waals surface area contributed by atoms with Gasteiger partial charge in [-0.2, -0.15) is 11.8 Å². The number of carbonyl (C=O) groups excluding carboxylic acids is 4. The normalized spacial score (nSPS) is 13.9. The molecule has 0 saturated heterocycles. The van der Waals surface area contributed by atoms with E-state index in [2.05, 4.69) is 20.9 Å². The largest absolute Gasteiger partial charge is 0.480 e. The second-order valence-corrected chi connectivity index (χ2v) is 10.8. The fourth-order valence-electron chi connectivity index (χ4n) is 4.42. The molecule has 9 N–H and O–H groups in total. The zero-order chi connectivity index (χ0) is 30.6. The Labute approximate surface area is 247 Å². The predicted molar refractivity (Wildman–Crippen MR) is 160 cm³/mol. The number of nitrogens with one attached hydrogen (secondary N) is 4. The highest BCUT2D eigenvalue weighted by Gasteiger charge is 2.31. The number of carboxylic acid groups (broad SMARTS) is 1. The maximum absolute atomic E-state index is 13.5. The van der Waals surface area contributed by atoms with Crippen LogP contribution >= 0.6 is 11.8 Å². The van der Waals surface area contributed by atoms with Gasteiger partial charge in [-0.05, 0) is 35.6 Å². The quantitative estimate of drug-likeness (QED) is 0.123. The van der Waals surface area contributed by atoms with Gasteiger partial charge in [0, 0.05) is 29.9 Å². The number of hydrogen-bond donors (Lipinski definition) is 7. The highest BCUT2D eigenvalue weighted by Crippen LogP contribution is 2.19. The predicted octanol–water partition coefficient (Wildman–Crippen LogP) is 0.448. The number of carbonyl (C=O) groups is 5. The molecule has 0 aliphatic heterocycles. The van der Waals surface area contributed by atoms with Gasteiger partial charge in [0.05, 0.1) is 12.5 Å². The molecule has 0 spiro atoms. The van der Waals surface area contributed by atoms with Crippen molar-refractivity contribution < 1.29 is 29.1 Å². The highest BCUT2D eigenvalue weighted by molar-refractivity contribution is 7.98. The third-order valence-electron chi connectivity index (χ3n) is 6.63. The van der Waals surface area contributed by atoms with E-state index >= 15 is 0 Å². The van der Waals surface area contributed by atoms with E-state index in [0.717, 1.165) is 22.0 Å². The Balaban J connectivity index is 1.77. The number of amides is 4. The van der Waals surface area contributed by atoms with Gasteiger partial charge in [-0.15, -0.1) is 0 Å².